The normalized spacial score (nSPS) is 10.3. The maximum absolute atomic E-state index is 11.0. The Bertz CT molecular complexity index is 577. The second-order valence-corrected chi connectivity index (χ2v) is 3.83. The molecule has 0 radical (unpaired) electrons. The number of aromatic nitrogens is 3. The summed E-state index contributed by atoms with van der Waals surface area (Å²) in [7, 11) is 1.77. The molecule has 94 valence electrons. The molecule has 7 heteroatoms. The molecule has 0 unspecified atom stereocenters. The first-order chi connectivity index (χ1) is 8.58. The summed E-state index contributed by atoms with van der Waals surface area (Å²) in [5.74, 6) is 0.0474. The highest BCUT2D eigenvalue weighted by Gasteiger charge is 2.06. The van der Waals surface area contributed by atoms with E-state index in [1.165, 1.54) is 6.20 Å². The van der Waals surface area contributed by atoms with Gasteiger partial charge in [-0.15, -0.1) is 0 Å². The van der Waals surface area contributed by atoms with E-state index in [1.54, 1.807) is 30.1 Å². The van der Waals surface area contributed by atoms with Crippen LogP contribution in [0.4, 0.5) is 11.5 Å². The first kappa shape index (κ1) is 11.9. The zero-order valence-corrected chi connectivity index (χ0v) is 9.92. The number of carbonyl (C=O) groups excluding carboxylic acids is 1. The molecule has 2 rings (SSSR count). The zero-order chi connectivity index (χ0) is 13.1. The van der Waals surface area contributed by atoms with Crippen LogP contribution in [0.25, 0.3) is 0 Å². The van der Waals surface area contributed by atoms with Crippen LogP contribution in [0, 0.1) is 0 Å². The van der Waals surface area contributed by atoms with E-state index in [4.69, 9.17) is 11.5 Å². The van der Waals surface area contributed by atoms with Gasteiger partial charge in [0.05, 0.1) is 6.20 Å². The molecule has 0 saturated heterocycles. The monoisotopic (exact) mass is 246 g/mol. The van der Waals surface area contributed by atoms with Gasteiger partial charge in [0.2, 0.25) is 0 Å². The lowest BCUT2D eigenvalue weighted by molar-refractivity contribution is 0.0995. The van der Waals surface area contributed by atoms with Crippen molar-refractivity contribution in [2.45, 2.75) is 6.54 Å². The summed E-state index contributed by atoms with van der Waals surface area (Å²) in [4.78, 5) is 14.8. The predicted octanol–water partition coefficient (Wildman–Crippen LogP) is 0.108. The minimum absolute atomic E-state index is 0.221. The van der Waals surface area contributed by atoms with Gasteiger partial charge in [0.25, 0.3) is 5.91 Å². The van der Waals surface area contributed by atoms with E-state index in [9.17, 15) is 4.79 Å². The van der Waals surface area contributed by atoms with E-state index in [0.717, 1.165) is 11.3 Å². The number of primary amides is 1. The Hall–Kier alpha value is -2.57. The van der Waals surface area contributed by atoms with Gasteiger partial charge < -0.3 is 16.8 Å². The molecule has 7 nitrogen and oxygen atoms in total. The summed E-state index contributed by atoms with van der Waals surface area (Å²) in [6.45, 7) is 0.516. The molecule has 18 heavy (non-hydrogen) atoms. The molecule has 2 aromatic heterocycles. The van der Waals surface area contributed by atoms with E-state index < -0.39 is 5.91 Å². The van der Waals surface area contributed by atoms with Crippen molar-refractivity contribution in [2.24, 2.45) is 12.8 Å². The van der Waals surface area contributed by atoms with Crippen molar-refractivity contribution >= 4 is 17.4 Å². The summed E-state index contributed by atoms with van der Waals surface area (Å²) < 4.78 is 1.60. The highest BCUT2D eigenvalue weighted by atomic mass is 16.1. The second-order valence-electron chi connectivity index (χ2n) is 3.83. The third-order valence-electron chi connectivity index (χ3n) is 2.56. The van der Waals surface area contributed by atoms with Crippen LogP contribution in [0.15, 0.2) is 24.5 Å². The number of nitrogens with zero attached hydrogens (tertiary/aromatic N) is 3. The maximum atomic E-state index is 11.0. The van der Waals surface area contributed by atoms with Gasteiger partial charge in [-0.3, -0.25) is 14.5 Å². The molecule has 5 N–H and O–H groups in total. The fraction of sp³-hybridized carbons (Fsp3) is 0.182. The molecule has 0 atom stereocenters. The van der Waals surface area contributed by atoms with Crippen molar-refractivity contribution in [2.75, 3.05) is 11.1 Å². The van der Waals surface area contributed by atoms with E-state index in [0.29, 0.717) is 12.4 Å². The number of carbonyl (C=O) groups is 1. The molecule has 2 heterocycles. The number of anilines is 2. The van der Waals surface area contributed by atoms with Crippen molar-refractivity contribution in [3.05, 3.63) is 35.8 Å². The van der Waals surface area contributed by atoms with Crippen LogP contribution in [-0.4, -0.2) is 20.7 Å². The molecule has 0 fully saturated rings. The maximum Gasteiger partial charge on any atom is 0.267 e. The van der Waals surface area contributed by atoms with Gasteiger partial charge in [0.15, 0.2) is 0 Å². The standard InChI is InChI=1S/C11H14N6O/c1-17-10(12)7(6-16-17)5-15-8-2-3-14-9(4-8)11(13)18/h2-4,6H,5,12H2,1H3,(H2,13,18)(H,14,15). The lowest BCUT2D eigenvalue weighted by Gasteiger charge is -2.06. The molecule has 0 aliphatic heterocycles. The Morgan fingerprint density at radius 3 is 2.94 bits per heavy atom. The lowest BCUT2D eigenvalue weighted by Crippen LogP contribution is -2.13. The van der Waals surface area contributed by atoms with Crippen LogP contribution in [0.1, 0.15) is 16.1 Å². The predicted molar refractivity (Wildman–Crippen MR) is 67.7 cm³/mol. The van der Waals surface area contributed by atoms with E-state index in [2.05, 4.69) is 15.4 Å². The van der Waals surface area contributed by atoms with Gasteiger partial charge in [-0.2, -0.15) is 5.10 Å². The smallest absolute Gasteiger partial charge is 0.267 e. The van der Waals surface area contributed by atoms with Crippen molar-refractivity contribution in [3.8, 4) is 0 Å². The summed E-state index contributed by atoms with van der Waals surface area (Å²) in [6.07, 6.45) is 3.22. The quantitative estimate of drug-likeness (QED) is 0.708. The van der Waals surface area contributed by atoms with Crippen LogP contribution in [0.5, 0.6) is 0 Å². The van der Waals surface area contributed by atoms with E-state index in [1.807, 2.05) is 0 Å². The minimum atomic E-state index is -0.556. The van der Waals surface area contributed by atoms with Crippen LogP contribution >= 0.6 is 0 Å². The number of pyridine rings is 1. The molecule has 1 amide bonds. The van der Waals surface area contributed by atoms with Crippen molar-refractivity contribution in [1.29, 1.82) is 0 Å². The summed E-state index contributed by atoms with van der Waals surface area (Å²) in [6, 6.07) is 3.34. The first-order valence-corrected chi connectivity index (χ1v) is 5.34. The second kappa shape index (κ2) is 4.74. The number of amides is 1. The zero-order valence-electron chi connectivity index (χ0n) is 9.92. The molecule has 0 bridgehead atoms. The highest BCUT2D eigenvalue weighted by molar-refractivity contribution is 5.91. The van der Waals surface area contributed by atoms with Crippen LogP contribution in [-0.2, 0) is 13.6 Å². The van der Waals surface area contributed by atoms with Crippen LogP contribution < -0.4 is 16.8 Å². The van der Waals surface area contributed by atoms with E-state index >= 15 is 0 Å². The van der Waals surface area contributed by atoms with Gasteiger partial charge in [-0.25, -0.2) is 0 Å². The SMILES string of the molecule is Cn1ncc(CNc2ccnc(C(N)=O)c2)c1N. The van der Waals surface area contributed by atoms with Gasteiger partial charge in [0.1, 0.15) is 11.5 Å². The average molecular weight is 246 g/mol. The topological polar surface area (TPSA) is 112 Å². The Balaban J connectivity index is 2.08. The lowest BCUT2D eigenvalue weighted by atomic mass is 10.2. The number of aryl methyl sites for hydroxylation is 1. The molecule has 0 aliphatic rings. The summed E-state index contributed by atoms with van der Waals surface area (Å²) in [5, 5.41) is 7.17. The Morgan fingerprint density at radius 2 is 2.33 bits per heavy atom. The van der Waals surface area contributed by atoms with Gasteiger partial charge >= 0.3 is 0 Å². The van der Waals surface area contributed by atoms with Crippen molar-refractivity contribution in [3.63, 3.8) is 0 Å². The summed E-state index contributed by atoms with van der Waals surface area (Å²) >= 11 is 0. The fourth-order valence-corrected chi connectivity index (χ4v) is 1.50. The fourth-order valence-electron chi connectivity index (χ4n) is 1.50. The first-order valence-electron chi connectivity index (χ1n) is 5.34. The van der Waals surface area contributed by atoms with Gasteiger partial charge in [-0.1, -0.05) is 0 Å². The largest absolute Gasteiger partial charge is 0.384 e. The number of hydrogen-bond acceptors (Lipinski definition) is 5. The molecular formula is C11H14N6O. The molecule has 0 saturated carbocycles. The Kier molecular flexibility index (Phi) is 3.13. The summed E-state index contributed by atoms with van der Waals surface area (Å²) in [5.41, 5.74) is 12.8. The van der Waals surface area contributed by atoms with Crippen molar-refractivity contribution in [1.82, 2.24) is 14.8 Å². The number of rotatable bonds is 4. The van der Waals surface area contributed by atoms with Gasteiger partial charge in [0, 0.05) is 31.0 Å². The number of nitrogens with one attached hydrogen (secondary N) is 1. The minimum Gasteiger partial charge on any atom is -0.384 e. The average Bonchev–Trinajstić information content (AvgIpc) is 2.68. The Morgan fingerprint density at radius 1 is 1.56 bits per heavy atom. The van der Waals surface area contributed by atoms with E-state index in [-0.39, 0.29) is 5.69 Å². The van der Waals surface area contributed by atoms with Crippen LogP contribution in [0.3, 0.4) is 0 Å². The van der Waals surface area contributed by atoms with Gasteiger partial charge in [-0.05, 0) is 12.1 Å². The third kappa shape index (κ3) is 2.40. The molecule has 2 aromatic rings. The number of hydrogen-bond donors (Lipinski definition) is 3. The van der Waals surface area contributed by atoms with Crippen molar-refractivity contribution < 1.29 is 4.79 Å². The Labute approximate surface area is 104 Å². The molecule has 0 spiro atoms. The van der Waals surface area contributed by atoms with Crippen LogP contribution in [0.2, 0.25) is 0 Å². The number of nitrogens with two attached hydrogens (primary N) is 2. The molecular weight excluding hydrogens is 232 g/mol. The molecule has 0 aromatic carbocycles. The highest BCUT2D eigenvalue weighted by Crippen LogP contribution is 2.13. The number of nitrogen functional groups attached to an aromatic ring is 1. The third-order valence-corrected chi connectivity index (χ3v) is 2.56. The molecule has 0 aliphatic carbocycles.